The first-order valence-corrected chi connectivity index (χ1v) is 5.25. The van der Waals surface area contributed by atoms with Crippen molar-refractivity contribution in [2.24, 2.45) is 0 Å². The van der Waals surface area contributed by atoms with E-state index in [1.807, 2.05) is 0 Å². The highest BCUT2D eigenvalue weighted by Crippen LogP contribution is 2.29. The van der Waals surface area contributed by atoms with Crippen LogP contribution in [-0.2, 0) is 4.74 Å². The highest BCUT2D eigenvalue weighted by Gasteiger charge is 2.14. The first-order valence-electron chi connectivity index (χ1n) is 4.87. The van der Waals surface area contributed by atoms with Gasteiger partial charge in [-0.25, -0.2) is 4.79 Å². The van der Waals surface area contributed by atoms with Gasteiger partial charge in [0.1, 0.15) is 0 Å². The maximum Gasteiger partial charge on any atom is 0.339 e. The minimum absolute atomic E-state index is 0.317. The van der Waals surface area contributed by atoms with Crippen molar-refractivity contribution in [3.05, 3.63) is 47.4 Å². The van der Waals surface area contributed by atoms with Gasteiger partial charge in [-0.2, -0.15) is 0 Å². The second-order valence-electron chi connectivity index (χ2n) is 3.25. The normalized spacial score (nSPS) is 10.0. The third-order valence-electron chi connectivity index (χ3n) is 2.24. The number of hydrogen-bond acceptors (Lipinski definition) is 4. The molecule has 0 saturated heterocycles. The van der Waals surface area contributed by atoms with Gasteiger partial charge in [0.05, 0.1) is 29.6 Å². The highest BCUT2D eigenvalue weighted by molar-refractivity contribution is 6.36. The van der Waals surface area contributed by atoms with E-state index in [1.165, 1.54) is 7.11 Å². The Balaban J connectivity index is 2.54. The van der Waals surface area contributed by atoms with E-state index in [9.17, 15) is 4.79 Å². The zero-order chi connectivity index (χ0) is 12.3. The Hall–Kier alpha value is -1.94. The summed E-state index contributed by atoms with van der Waals surface area (Å²) in [6.07, 6.45) is 4.72. The Labute approximate surface area is 103 Å². The quantitative estimate of drug-likeness (QED) is 0.767. The van der Waals surface area contributed by atoms with Crippen molar-refractivity contribution < 1.29 is 9.53 Å². The summed E-state index contributed by atoms with van der Waals surface area (Å²) in [5.41, 5.74) is 1.59. The predicted molar refractivity (Wildman–Crippen MR) is 63.8 cm³/mol. The smallest absolute Gasteiger partial charge is 0.339 e. The topological polar surface area (TPSA) is 52.1 Å². The number of nitrogens with zero attached hydrogens (tertiary/aromatic N) is 2. The molecule has 0 unspecified atom stereocenters. The standard InChI is InChI=1S/C12H9ClN2O2/c1-17-12(16)9-4-2-3-8(11(9)13)10-7-14-5-6-15-10/h2-7H,1H3. The molecule has 0 saturated carbocycles. The molecule has 1 aromatic carbocycles. The van der Waals surface area contributed by atoms with Gasteiger partial charge in [-0.15, -0.1) is 0 Å². The molecule has 4 nitrogen and oxygen atoms in total. The fraction of sp³-hybridized carbons (Fsp3) is 0.0833. The van der Waals surface area contributed by atoms with E-state index in [0.717, 1.165) is 0 Å². The molecule has 0 fully saturated rings. The van der Waals surface area contributed by atoms with Crippen LogP contribution in [0.15, 0.2) is 36.8 Å². The van der Waals surface area contributed by atoms with Gasteiger partial charge in [-0.1, -0.05) is 23.7 Å². The zero-order valence-corrected chi connectivity index (χ0v) is 9.81. The van der Waals surface area contributed by atoms with Gasteiger partial charge in [0.15, 0.2) is 0 Å². The van der Waals surface area contributed by atoms with E-state index in [0.29, 0.717) is 21.8 Å². The molecule has 2 aromatic rings. The van der Waals surface area contributed by atoms with E-state index in [2.05, 4.69) is 14.7 Å². The van der Waals surface area contributed by atoms with Crippen molar-refractivity contribution in [2.45, 2.75) is 0 Å². The molecule has 2 rings (SSSR count). The highest BCUT2D eigenvalue weighted by atomic mass is 35.5. The SMILES string of the molecule is COC(=O)c1cccc(-c2cnccn2)c1Cl. The molecule has 0 amide bonds. The van der Waals surface area contributed by atoms with Crippen LogP contribution in [0.1, 0.15) is 10.4 Å². The number of carbonyl (C=O) groups is 1. The van der Waals surface area contributed by atoms with Crippen LogP contribution in [0.4, 0.5) is 0 Å². The van der Waals surface area contributed by atoms with Crippen molar-refractivity contribution in [3.8, 4) is 11.3 Å². The number of methoxy groups -OCH3 is 1. The lowest BCUT2D eigenvalue weighted by atomic mass is 10.1. The lowest BCUT2D eigenvalue weighted by Gasteiger charge is -2.07. The number of hydrogen-bond donors (Lipinski definition) is 0. The third-order valence-corrected chi connectivity index (χ3v) is 2.65. The van der Waals surface area contributed by atoms with E-state index >= 15 is 0 Å². The molecule has 0 spiro atoms. The van der Waals surface area contributed by atoms with Crippen LogP contribution < -0.4 is 0 Å². The third kappa shape index (κ3) is 2.26. The summed E-state index contributed by atoms with van der Waals surface area (Å²) in [6.45, 7) is 0. The predicted octanol–water partition coefficient (Wildman–Crippen LogP) is 2.58. The van der Waals surface area contributed by atoms with Crippen molar-refractivity contribution in [1.82, 2.24) is 9.97 Å². The molecule has 1 aromatic heterocycles. The van der Waals surface area contributed by atoms with Crippen LogP contribution in [0.5, 0.6) is 0 Å². The Morgan fingerprint density at radius 3 is 2.82 bits per heavy atom. The Morgan fingerprint density at radius 1 is 1.35 bits per heavy atom. The molecular formula is C12H9ClN2O2. The van der Waals surface area contributed by atoms with E-state index in [4.69, 9.17) is 11.6 Å². The van der Waals surface area contributed by atoms with Crippen LogP contribution in [0.25, 0.3) is 11.3 Å². The maximum atomic E-state index is 11.5. The summed E-state index contributed by atoms with van der Waals surface area (Å²) in [5, 5.41) is 0.319. The number of rotatable bonds is 2. The van der Waals surface area contributed by atoms with Crippen molar-refractivity contribution >= 4 is 17.6 Å². The monoisotopic (exact) mass is 248 g/mol. The van der Waals surface area contributed by atoms with Gasteiger partial charge in [0.2, 0.25) is 0 Å². The summed E-state index contributed by atoms with van der Waals surface area (Å²) < 4.78 is 4.65. The van der Waals surface area contributed by atoms with Gasteiger partial charge >= 0.3 is 5.97 Å². The van der Waals surface area contributed by atoms with Gasteiger partial charge in [0.25, 0.3) is 0 Å². The zero-order valence-electron chi connectivity index (χ0n) is 9.05. The number of halogens is 1. The molecule has 1 heterocycles. The minimum Gasteiger partial charge on any atom is -0.465 e. The van der Waals surface area contributed by atoms with Gasteiger partial charge in [-0.3, -0.25) is 9.97 Å². The molecule has 0 aliphatic carbocycles. The molecule has 0 N–H and O–H groups in total. The molecule has 0 aliphatic heterocycles. The van der Waals surface area contributed by atoms with Crippen molar-refractivity contribution in [1.29, 1.82) is 0 Å². The molecule has 86 valence electrons. The van der Waals surface area contributed by atoms with E-state index in [-0.39, 0.29) is 0 Å². The second kappa shape index (κ2) is 4.93. The molecule has 0 aliphatic rings. The lowest BCUT2D eigenvalue weighted by molar-refractivity contribution is 0.0601. The van der Waals surface area contributed by atoms with Gasteiger partial charge < -0.3 is 4.74 Å². The number of ether oxygens (including phenoxy) is 1. The average molecular weight is 249 g/mol. The van der Waals surface area contributed by atoms with Crippen LogP contribution in [-0.4, -0.2) is 23.0 Å². The number of benzene rings is 1. The molecule has 0 radical (unpaired) electrons. The number of carbonyl (C=O) groups excluding carboxylic acids is 1. The first kappa shape index (κ1) is 11.5. The Kier molecular flexibility index (Phi) is 3.35. The Bertz CT molecular complexity index is 543. The van der Waals surface area contributed by atoms with Crippen molar-refractivity contribution in [2.75, 3.05) is 7.11 Å². The summed E-state index contributed by atoms with van der Waals surface area (Å²) in [6, 6.07) is 5.11. The number of aromatic nitrogens is 2. The average Bonchev–Trinajstić information content (AvgIpc) is 2.39. The molecular weight excluding hydrogens is 240 g/mol. The molecule has 17 heavy (non-hydrogen) atoms. The van der Waals surface area contributed by atoms with E-state index in [1.54, 1.807) is 36.8 Å². The van der Waals surface area contributed by atoms with Gasteiger partial charge in [-0.05, 0) is 6.07 Å². The summed E-state index contributed by atoms with van der Waals surface area (Å²) >= 11 is 6.15. The summed E-state index contributed by atoms with van der Waals surface area (Å²) in [5.74, 6) is -0.472. The molecule has 0 bridgehead atoms. The van der Waals surface area contributed by atoms with Crippen LogP contribution in [0.2, 0.25) is 5.02 Å². The number of esters is 1. The lowest BCUT2D eigenvalue weighted by Crippen LogP contribution is -2.02. The van der Waals surface area contributed by atoms with Crippen LogP contribution >= 0.6 is 11.6 Å². The maximum absolute atomic E-state index is 11.5. The van der Waals surface area contributed by atoms with Gasteiger partial charge in [0, 0.05) is 18.0 Å². The fourth-order valence-electron chi connectivity index (χ4n) is 1.44. The van der Waals surface area contributed by atoms with Crippen molar-refractivity contribution in [3.63, 3.8) is 0 Å². The molecule has 0 atom stereocenters. The first-order chi connectivity index (χ1) is 8.24. The second-order valence-corrected chi connectivity index (χ2v) is 3.63. The molecule has 5 heteroatoms. The van der Waals surface area contributed by atoms with E-state index < -0.39 is 5.97 Å². The van der Waals surface area contributed by atoms with Crippen LogP contribution in [0.3, 0.4) is 0 Å². The Morgan fingerprint density at radius 2 is 2.18 bits per heavy atom. The summed E-state index contributed by atoms with van der Waals surface area (Å²) in [7, 11) is 1.31. The summed E-state index contributed by atoms with van der Waals surface area (Å²) in [4.78, 5) is 19.6. The fourth-order valence-corrected chi connectivity index (χ4v) is 1.74. The largest absolute Gasteiger partial charge is 0.465 e. The minimum atomic E-state index is -0.472. The van der Waals surface area contributed by atoms with Crippen LogP contribution in [0, 0.1) is 0 Å².